The lowest BCUT2D eigenvalue weighted by molar-refractivity contribution is -0.670. The molecule has 0 bridgehead atoms. The summed E-state index contributed by atoms with van der Waals surface area (Å²) in [6.45, 7) is 0. The van der Waals surface area contributed by atoms with Gasteiger partial charge in [0.25, 0.3) is 6.20 Å². The standard InChI is InChI=1S/C8H6N2O3/c11-7-3-1-6(2-4-7)10-5-8(12)13-9-10/h1-5H,(H-,9,11,12)/p+1. The summed E-state index contributed by atoms with van der Waals surface area (Å²) in [5.74, 6) is 0.176. The second kappa shape index (κ2) is 2.78. The number of nitrogens with zero attached hydrogens (tertiary/aromatic N) is 1. The molecule has 0 saturated heterocycles. The van der Waals surface area contributed by atoms with E-state index in [1.807, 2.05) is 0 Å². The summed E-state index contributed by atoms with van der Waals surface area (Å²) >= 11 is 0. The first-order valence-corrected chi connectivity index (χ1v) is 3.65. The fourth-order valence-corrected chi connectivity index (χ4v) is 0.993. The van der Waals surface area contributed by atoms with E-state index in [-0.39, 0.29) is 5.75 Å². The van der Waals surface area contributed by atoms with Crippen molar-refractivity contribution in [1.82, 2.24) is 5.27 Å². The lowest BCUT2D eigenvalue weighted by Crippen LogP contribution is -2.31. The van der Waals surface area contributed by atoms with Crippen molar-refractivity contribution in [2.45, 2.75) is 0 Å². The number of benzene rings is 1. The summed E-state index contributed by atoms with van der Waals surface area (Å²) in [6.07, 6.45) is 1.27. The average molecular weight is 179 g/mol. The van der Waals surface area contributed by atoms with Crippen molar-refractivity contribution in [2.75, 3.05) is 0 Å². The Labute approximate surface area is 72.8 Å². The predicted molar refractivity (Wildman–Crippen MR) is 42.5 cm³/mol. The lowest BCUT2D eigenvalue weighted by atomic mass is 10.3. The minimum absolute atomic E-state index is 0.176. The topological polar surface area (TPSA) is 70.1 Å². The minimum Gasteiger partial charge on any atom is -0.508 e. The van der Waals surface area contributed by atoms with Crippen molar-refractivity contribution >= 4 is 0 Å². The SMILES string of the molecule is O=c1c[n+](-c2ccc(O)cc2)[nH]o1. The molecule has 0 aliphatic carbocycles. The van der Waals surface area contributed by atoms with E-state index in [1.54, 1.807) is 12.1 Å². The van der Waals surface area contributed by atoms with Crippen LogP contribution >= 0.6 is 0 Å². The molecule has 2 rings (SSSR count). The molecule has 0 atom stereocenters. The van der Waals surface area contributed by atoms with E-state index in [0.29, 0.717) is 5.69 Å². The smallest absolute Gasteiger partial charge is 0.427 e. The second-order valence-corrected chi connectivity index (χ2v) is 2.53. The van der Waals surface area contributed by atoms with E-state index in [0.717, 1.165) is 0 Å². The van der Waals surface area contributed by atoms with Crippen molar-refractivity contribution in [3.05, 3.63) is 40.9 Å². The van der Waals surface area contributed by atoms with Crippen molar-refractivity contribution in [1.29, 1.82) is 0 Å². The van der Waals surface area contributed by atoms with Crippen LogP contribution in [0.3, 0.4) is 0 Å². The molecule has 1 aromatic carbocycles. The van der Waals surface area contributed by atoms with Gasteiger partial charge >= 0.3 is 5.63 Å². The van der Waals surface area contributed by atoms with Gasteiger partial charge in [-0.25, -0.2) is 4.79 Å². The van der Waals surface area contributed by atoms with Gasteiger partial charge < -0.3 is 5.11 Å². The van der Waals surface area contributed by atoms with E-state index in [1.165, 1.54) is 23.0 Å². The van der Waals surface area contributed by atoms with Crippen LogP contribution in [0.15, 0.2) is 39.8 Å². The number of nitrogens with one attached hydrogen (secondary N) is 1. The fourth-order valence-electron chi connectivity index (χ4n) is 0.993. The Balaban J connectivity index is 2.47. The van der Waals surface area contributed by atoms with Crippen molar-refractivity contribution in [2.24, 2.45) is 0 Å². The third-order valence-electron chi connectivity index (χ3n) is 1.61. The molecule has 66 valence electrons. The van der Waals surface area contributed by atoms with Crippen LogP contribution in [0.4, 0.5) is 0 Å². The van der Waals surface area contributed by atoms with Crippen LogP contribution in [0.1, 0.15) is 0 Å². The third-order valence-corrected chi connectivity index (χ3v) is 1.61. The minimum atomic E-state index is -0.451. The molecular weight excluding hydrogens is 172 g/mol. The van der Waals surface area contributed by atoms with Gasteiger partial charge in [0, 0.05) is 12.1 Å². The summed E-state index contributed by atoms with van der Waals surface area (Å²) in [5.41, 5.74) is 0.261. The molecule has 2 aromatic rings. The summed E-state index contributed by atoms with van der Waals surface area (Å²) < 4.78 is 5.89. The Morgan fingerprint density at radius 2 is 2.00 bits per heavy atom. The normalized spacial score (nSPS) is 10.2. The van der Waals surface area contributed by atoms with E-state index in [2.05, 4.69) is 9.79 Å². The Kier molecular flexibility index (Phi) is 1.63. The van der Waals surface area contributed by atoms with Gasteiger partial charge in [0.15, 0.2) is 0 Å². The first-order chi connectivity index (χ1) is 6.25. The molecule has 5 heteroatoms. The zero-order chi connectivity index (χ0) is 9.26. The molecule has 13 heavy (non-hydrogen) atoms. The number of hydrogen-bond acceptors (Lipinski definition) is 3. The number of rotatable bonds is 1. The monoisotopic (exact) mass is 179 g/mol. The Hall–Kier alpha value is -2.04. The molecule has 0 spiro atoms. The molecule has 0 aliphatic rings. The number of H-pyrrole nitrogens is 1. The van der Waals surface area contributed by atoms with Crippen LogP contribution in [0.2, 0.25) is 0 Å². The van der Waals surface area contributed by atoms with Gasteiger partial charge in [0.1, 0.15) is 5.75 Å². The molecular formula is C8H7N2O3+. The maximum absolute atomic E-state index is 10.7. The summed E-state index contributed by atoms with van der Waals surface area (Å²) in [7, 11) is 0. The maximum Gasteiger partial charge on any atom is 0.427 e. The van der Waals surface area contributed by atoms with Crippen molar-refractivity contribution in [3.8, 4) is 11.4 Å². The highest BCUT2D eigenvalue weighted by Gasteiger charge is 2.09. The molecule has 0 amide bonds. The van der Waals surface area contributed by atoms with E-state index < -0.39 is 5.63 Å². The number of hydrogen-bond donors (Lipinski definition) is 2. The van der Waals surface area contributed by atoms with Gasteiger partial charge in [0.05, 0.1) is 0 Å². The molecule has 1 aromatic heterocycles. The highest BCUT2D eigenvalue weighted by molar-refractivity contribution is 5.29. The van der Waals surface area contributed by atoms with Gasteiger partial charge in [0.2, 0.25) is 5.69 Å². The van der Waals surface area contributed by atoms with Crippen LogP contribution in [-0.2, 0) is 0 Å². The predicted octanol–water partition coefficient (Wildman–Crippen LogP) is -0.0498. The number of phenols is 1. The summed E-state index contributed by atoms with van der Waals surface area (Å²) in [4.78, 5) is 10.7. The van der Waals surface area contributed by atoms with E-state index >= 15 is 0 Å². The van der Waals surface area contributed by atoms with Gasteiger partial charge in [-0.15, -0.1) is 0 Å². The number of aromatic amines is 1. The van der Waals surface area contributed by atoms with E-state index in [9.17, 15) is 4.79 Å². The molecule has 0 saturated carbocycles. The van der Waals surface area contributed by atoms with Crippen molar-refractivity contribution < 1.29 is 14.3 Å². The van der Waals surface area contributed by atoms with E-state index in [4.69, 9.17) is 5.11 Å². The fraction of sp³-hybridized carbons (Fsp3) is 0. The first kappa shape index (κ1) is 7.60. The largest absolute Gasteiger partial charge is 0.508 e. The van der Waals surface area contributed by atoms with Crippen LogP contribution < -0.4 is 10.3 Å². The molecule has 0 radical (unpaired) electrons. The molecule has 0 fully saturated rings. The molecule has 2 N–H and O–H groups in total. The maximum atomic E-state index is 10.7. The zero-order valence-corrected chi connectivity index (χ0v) is 6.60. The second-order valence-electron chi connectivity index (χ2n) is 2.53. The van der Waals surface area contributed by atoms with Gasteiger partial charge in [-0.1, -0.05) is 0 Å². The van der Waals surface area contributed by atoms with Crippen LogP contribution in [0, 0.1) is 0 Å². The first-order valence-electron chi connectivity index (χ1n) is 3.65. The Bertz CT molecular complexity index is 455. The molecule has 1 heterocycles. The van der Waals surface area contributed by atoms with Crippen LogP contribution in [-0.4, -0.2) is 10.4 Å². The lowest BCUT2D eigenvalue weighted by Gasteiger charge is -1.89. The molecule has 0 aliphatic heterocycles. The highest BCUT2D eigenvalue weighted by atomic mass is 16.5. The highest BCUT2D eigenvalue weighted by Crippen LogP contribution is 2.08. The Morgan fingerprint density at radius 1 is 1.31 bits per heavy atom. The molecule has 0 unspecified atom stereocenters. The third kappa shape index (κ3) is 1.44. The van der Waals surface area contributed by atoms with Gasteiger partial charge in [-0.3, -0.25) is 4.52 Å². The Morgan fingerprint density at radius 3 is 2.54 bits per heavy atom. The van der Waals surface area contributed by atoms with Crippen LogP contribution in [0.5, 0.6) is 5.75 Å². The number of aromatic hydroxyl groups is 1. The number of phenolic OH excluding ortho intramolecular Hbond substituents is 1. The van der Waals surface area contributed by atoms with Crippen LogP contribution in [0.25, 0.3) is 5.69 Å². The quantitative estimate of drug-likeness (QED) is 0.603. The summed E-state index contributed by atoms with van der Waals surface area (Å²) in [6, 6.07) is 6.35. The zero-order valence-electron chi connectivity index (χ0n) is 6.60. The molecule has 5 nitrogen and oxygen atoms in total. The van der Waals surface area contributed by atoms with Gasteiger partial charge in [-0.05, 0) is 22.1 Å². The average Bonchev–Trinajstić information content (AvgIpc) is 2.53. The number of aromatic nitrogens is 2. The van der Waals surface area contributed by atoms with Crippen molar-refractivity contribution in [3.63, 3.8) is 0 Å². The van der Waals surface area contributed by atoms with Gasteiger partial charge in [-0.2, -0.15) is 0 Å². The summed E-state index contributed by atoms with van der Waals surface area (Å²) in [5, 5.41) is 11.4.